The van der Waals surface area contributed by atoms with Gasteiger partial charge in [-0.25, -0.2) is 0 Å². The number of ether oxygens (including phenoxy) is 1. The van der Waals surface area contributed by atoms with E-state index in [0.29, 0.717) is 17.7 Å². The van der Waals surface area contributed by atoms with Crippen LogP contribution in [0, 0.1) is 18.8 Å². The first-order valence-electron chi connectivity index (χ1n) is 7.21. The molecule has 0 spiro atoms. The van der Waals surface area contributed by atoms with Gasteiger partial charge in [0.25, 0.3) is 5.91 Å². The van der Waals surface area contributed by atoms with E-state index in [4.69, 9.17) is 10.5 Å². The number of rotatable bonds is 6. The number of amides is 1. The van der Waals surface area contributed by atoms with E-state index >= 15 is 0 Å². The number of hydrogen-bond donors (Lipinski definition) is 2. The molecule has 0 heterocycles. The summed E-state index contributed by atoms with van der Waals surface area (Å²) in [6, 6.07) is 5.64. The van der Waals surface area contributed by atoms with Crippen molar-refractivity contribution < 1.29 is 9.53 Å². The van der Waals surface area contributed by atoms with Crippen LogP contribution in [0.4, 0.5) is 0 Å². The van der Waals surface area contributed by atoms with Crippen LogP contribution in [0.25, 0.3) is 0 Å². The van der Waals surface area contributed by atoms with E-state index in [1.807, 2.05) is 19.1 Å². The Labute approximate surface area is 127 Å². The average Bonchev–Trinajstić information content (AvgIpc) is 2.45. The van der Waals surface area contributed by atoms with Gasteiger partial charge in [0.15, 0.2) is 0 Å². The van der Waals surface area contributed by atoms with Crippen LogP contribution in [0.2, 0.25) is 0 Å². The minimum atomic E-state index is -0.119. The average molecular weight is 288 g/mol. The second-order valence-corrected chi connectivity index (χ2v) is 4.97. The van der Waals surface area contributed by atoms with E-state index in [1.54, 1.807) is 13.2 Å². The molecule has 3 N–H and O–H groups in total. The molecule has 1 unspecified atom stereocenters. The summed E-state index contributed by atoms with van der Waals surface area (Å²) in [6.45, 7) is 4.84. The van der Waals surface area contributed by atoms with Crippen LogP contribution in [-0.4, -0.2) is 32.2 Å². The van der Waals surface area contributed by atoms with Gasteiger partial charge in [-0.05, 0) is 31.0 Å². The Morgan fingerprint density at radius 3 is 2.86 bits per heavy atom. The SMILES string of the molecule is CCCC(COC)NC(=O)c1ccc(C)cc1C#CCN. The number of carbonyl (C=O) groups is 1. The largest absolute Gasteiger partial charge is 0.383 e. The summed E-state index contributed by atoms with van der Waals surface area (Å²) >= 11 is 0. The molecule has 0 fully saturated rings. The lowest BCUT2D eigenvalue weighted by atomic mass is 10.0. The first-order valence-corrected chi connectivity index (χ1v) is 7.21. The fraction of sp³-hybridized carbons (Fsp3) is 0.471. The Morgan fingerprint density at radius 1 is 1.48 bits per heavy atom. The van der Waals surface area contributed by atoms with Gasteiger partial charge in [-0.3, -0.25) is 4.79 Å². The highest BCUT2D eigenvalue weighted by Crippen LogP contribution is 2.11. The minimum Gasteiger partial charge on any atom is -0.383 e. The van der Waals surface area contributed by atoms with Crippen LogP contribution >= 0.6 is 0 Å². The van der Waals surface area contributed by atoms with Gasteiger partial charge < -0.3 is 15.8 Å². The number of hydrogen-bond acceptors (Lipinski definition) is 3. The molecule has 1 aromatic rings. The second-order valence-electron chi connectivity index (χ2n) is 4.97. The molecule has 4 nitrogen and oxygen atoms in total. The van der Waals surface area contributed by atoms with Crippen molar-refractivity contribution in [3.63, 3.8) is 0 Å². The van der Waals surface area contributed by atoms with Crippen molar-refractivity contribution >= 4 is 5.91 Å². The fourth-order valence-corrected chi connectivity index (χ4v) is 2.12. The molecule has 1 aromatic carbocycles. The second kappa shape index (κ2) is 9.17. The molecular weight excluding hydrogens is 264 g/mol. The van der Waals surface area contributed by atoms with Crippen molar-refractivity contribution in [2.75, 3.05) is 20.3 Å². The van der Waals surface area contributed by atoms with Gasteiger partial charge in [-0.15, -0.1) is 0 Å². The molecule has 0 aliphatic carbocycles. The van der Waals surface area contributed by atoms with Gasteiger partial charge >= 0.3 is 0 Å². The summed E-state index contributed by atoms with van der Waals surface area (Å²) in [4.78, 5) is 12.4. The van der Waals surface area contributed by atoms with Gasteiger partial charge in [0.1, 0.15) is 0 Å². The highest BCUT2D eigenvalue weighted by atomic mass is 16.5. The number of methoxy groups -OCH3 is 1. The normalized spacial score (nSPS) is 11.4. The Balaban J connectivity index is 2.95. The lowest BCUT2D eigenvalue weighted by molar-refractivity contribution is 0.0891. The molecule has 0 bridgehead atoms. The van der Waals surface area contributed by atoms with Crippen LogP contribution in [0.3, 0.4) is 0 Å². The molecule has 1 rings (SSSR count). The van der Waals surface area contributed by atoms with Crippen molar-refractivity contribution in [2.24, 2.45) is 5.73 Å². The summed E-state index contributed by atoms with van der Waals surface area (Å²) in [6.07, 6.45) is 1.87. The summed E-state index contributed by atoms with van der Waals surface area (Å²) in [5.74, 6) is 5.65. The molecule has 0 saturated carbocycles. The summed E-state index contributed by atoms with van der Waals surface area (Å²) in [5, 5.41) is 3.01. The zero-order valence-electron chi connectivity index (χ0n) is 13.0. The maximum Gasteiger partial charge on any atom is 0.252 e. The van der Waals surface area contributed by atoms with Crippen LogP contribution < -0.4 is 11.1 Å². The number of carbonyl (C=O) groups excluding carboxylic acids is 1. The van der Waals surface area contributed by atoms with Gasteiger partial charge in [0, 0.05) is 12.7 Å². The summed E-state index contributed by atoms with van der Waals surface area (Å²) in [7, 11) is 1.64. The van der Waals surface area contributed by atoms with Crippen molar-refractivity contribution in [3.8, 4) is 11.8 Å². The Bertz CT molecular complexity index is 523. The molecular formula is C17H24N2O2. The summed E-state index contributed by atoms with van der Waals surface area (Å²) < 4.78 is 5.15. The predicted molar refractivity (Wildman–Crippen MR) is 85.1 cm³/mol. The number of benzene rings is 1. The van der Waals surface area contributed by atoms with Gasteiger partial charge in [-0.2, -0.15) is 0 Å². The highest BCUT2D eigenvalue weighted by molar-refractivity contribution is 5.97. The van der Waals surface area contributed by atoms with Crippen LogP contribution in [0.1, 0.15) is 41.3 Å². The lowest BCUT2D eigenvalue weighted by Gasteiger charge is -2.17. The first kappa shape index (κ1) is 17.2. The minimum absolute atomic E-state index is 0.0177. The topological polar surface area (TPSA) is 64.3 Å². The molecule has 0 aliphatic rings. The molecule has 4 heteroatoms. The van der Waals surface area contributed by atoms with Crippen molar-refractivity contribution in [3.05, 3.63) is 34.9 Å². The third-order valence-corrected chi connectivity index (χ3v) is 3.09. The van der Waals surface area contributed by atoms with E-state index in [0.717, 1.165) is 18.4 Å². The van der Waals surface area contributed by atoms with Crippen molar-refractivity contribution in [1.82, 2.24) is 5.32 Å². The van der Waals surface area contributed by atoms with Crippen LogP contribution in [0.5, 0.6) is 0 Å². The molecule has 1 amide bonds. The Hall–Kier alpha value is -1.83. The Kier molecular flexibility index (Phi) is 7.52. The van der Waals surface area contributed by atoms with E-state index in [-0.39, 0.29) is 18.5 Å². The lowest BCUT2D eigenvalue weighted by Crippen LogP contribution is -2.38. The van der Waals surface area contributed by atoms with Gasteiger partial charge in [0.2, 0.25) is 0 Å². The van der Waals surface area contributed by atoms with Gasteiger partial charge in [-0.1, -0.05) is 31.3 Å². The standard InChI is InChI=1S/C17H24N2O2/c1-4-6-15(12-21-3)19-17(20)16-9-8-13(2)11-14(16)7-5-10-18/h8-9,11,15H,4,6,10,12,18H2,1-3H3,(H,19,20). The zero-order valence-corrected chi connectivity index (χ0v) is 13.0. The number of nitrogens with two attached hydrogens (primary N) is 1. The molecule has 0 saturated heterocycles. The van der Waals surface area contributed by atoms with Crippen LogP contribution in [0.15, 0.2) is 18.2 Å². The predicted octanol–water partition coefficient (Wildman–Crippen LogP) is 1.85. The van der Waals surface area contributed by atoms with E-state index in [9.17, 15) is 4.79 Å². The van der Waals surface area contributed by atoms with Crippen molar-refractivity contribution in [2.45, 2.75) is 32.7 Å². The van der Waals surface area contributed by atoms with E-state index in [2.05, 4.69) is 24.1 Å². The smallest absolute Gasteiger partial charge is 0.252 e. The van der Waals surface area contributed by atoms with E-state index < -0.39 is 0 Å². The maximum atomic E-state index is 12.4. The molecule has 0 radical (unpaired) electrons. The molecule has 114 valence electrons. The first-order chi connectivity index (χ1) is 10.1. The Morgan fingerprint density at radius 2 is 2.24 bits per heavy atom. The quantitative estimate of drug-likeness (QED) is 0.785. The molecule has 0 aliphatic heterocycles. The van der Waals surface area contributed by atoms with Crippen LogP contribution in [-0.2, 0) is 4.74 Å². The van der Waals surface area contributed by atoms with Gasteiger partial charge in [0.05, 0.1) is 24.8 Å². The third-order valence-electron chi connectivity index (χ3n) is 3.09. The number of nitrogens with one attached hydrogen (secondary N) is 1. The highest BCUT2D eigenvalue weighted by Gasteiger charge is 2.15. The molecule has 1 atom stereocenters. The monoisotopic (exact) mass is 288 g/mol. The van der Waals surface area contributed by atoms with Crippen molar-refractivity contribution in [1.29, 1.82) is 0 Å². The summed E-state index contributed by atoms with van der Waals surface area (Å²) in [5.41, 5.74) is 7.77. The third kappa shape index (κ3) is 5.58. The molecule has 21 heavy (non-hydrogen) atoms. The zero-order chi connectivity index (χ0) is 15.7. The fourth-order valence-electron chi connectivity index (χ4n) is 2.12. The number of aryl methyl sites for hydroxylation is 1. The maximum absolute atomic E-state index is 12.4. The molecule has 0 aromatic heterocycles. The van der Waals surface area contributed by atoms with E-state index in [1.165, 1.54) is 0 Å².